The Balaban J connectivity index is 2.70. The van der Waals surface area contributed by atoms with Crippen molar-refractivity contribution >= 4 is 17.5 Å². The molecule has 1 aromatic carbocycles. The second kappa shape index (κ2) is 4.38. The van der Waals surface area contributed by atoms with Crippen molar-refractivity contribution in [1.82, 2.24) is 5.32 Å². The van der Waals surface area contributed by atoms with Crippen molar-refractivity contribution in [1.29, 1.82) is 0 Å². The van der Waals surface area contributed by atoms with Gasteiger partial charge in [-0.05, 0) is 24.3 Å². The molecule has 0 saturated heterocycles. The normalized spacial score (nSPS) is 9.50. The van der Waals surface area contributed by atoms with Crippen LogP contribution in [0.2, 0.25) is 0 Å². The summed E-state index contributed by atoms with van der Waals surface area (Å²) in [6, 6.07) is 6.24. The lowest BCUT2D eigenvalue weighted by Crippen LogP contribution is -2.35. The Morgan fingerprint density at radius 2 is 1.79 bits per heavy atom. The van der Waals surface area contributed by atoms with Crippen LogP contribution in [0.4, 0.5) is 5.69 Å². The smallest absolute Gasteiger partial charge is 0.257 e. The third-order valence-corrected chi connectivity index (χ3v) is 1.61. The Morgan fingerprint density at radius 1 is 1.21 bits per heavy atom. The van der Waals surface area contributed by atoms with E-state index in [9.17, 15) is 9.59 Å². The lowest BCUT2D eigenvalue weighted by Gasteiger charge is -2.02. The van der Waals surface area contributed by atoms with Crippen molar-refractivity contribution < 1.29 is 9.59 Å². The summed E-state index contributed by atoms with van der Waals surface area (Å²) < 4.78 is 0. The van der Waals surface area contributed by atoms with Crippen molar-refractivity contribution in [2.45, 2.75) is 0 Å². The number of carbonyl (C=O) groups excluding carboxylic acids is 2. The quantitative estimate of drug-likeness (QED) is 0.550. The van der Waals surface area contributed by atoms with Gasteiger partial charge in [-0.2, -0.15) is 0 Å². The second-order valence-corrected chi connectivity index (χ2v) is 2.70. The monoisotopic (exact) mass is 193 g/mol. The first-order valence-electron chi connectivity index (χ1n) is 4.03. The van der Waals surface area contributed by atoms with Gasteiger partial charge in [-0.1, -0.05) is 0 Å². The first-order chi connectivity index (χ1) is 6.63. The molecule has 0 aromatic heterocycles. The van der Waals surface area contributed by atoms with Gasteiger partial charge in [-0.3, -0.25) is 14.9 Å². The molecule has 0 aliphatic heterocycles. The topological polar surface area (TPSA) is 98.2 Å². The van der Waals surface area contributed by atoms with Crippen LogP contribution in [0, 0.1) is 0 Å². The maximum Gasteiger partial charge on any atom is 0.257 e. The van der Waals surface area contributed by atoms with Crippen molar-refractivity contribution in [3.8, 4) is 0 Å². The lowest BCUT2D eigenvalue weighted by atomic mass is 10.2. The Bertz CT molecular complexity index is 346. The Morgan fingerprint density at radius 3 is 2.29 bits per heavy atom. The van der Waals surface area contributed by atoms with E-state index < -0.39 is 11.8 Å². The SMILES string of the molecule is NCC(=O)NC(=O)c1ccc(N)cc1. The molecule has 0 spiro atoms. The molecule has 1 aromatic rings. The van der Waals surface area contributed by atoms with E-state index in [1.807, 2.05) is 0 Å². The number of hydrogen-bond acceptors (Lipinski definition) is 4. The van der Waals surface area contributed by atoms with Gasteiger partial charge in [0.1, 0.15) is 0 Å². The summed E-state index contributed by atoms with van der Waals surface area (Å²) in [6.07, 6.45) is 0. The average Bonchev–Trinajstić information content (AvgIpc) is 2.18. The number of nitrogens with one attached hydrogen (secondary N) is 1. The maximum absolute atomic E-state index is 11.3. The van der Waals surface area contributed by atoms with Crippen LogP contribution in [0.5, 0.6) is 0 Å². The maximum atomic E-state index is 11.3. The van der Waals surface area contributed by atoms with E-state index in [4.69, 9.17) is 11.5 Å². The van der Waals surface area contributed by atoms with E-state index in [1.54, 1.807) is 12.1 Å². The molecule has 14 heavy (non-hydrogen) atoms. The molecule has 0 radical (unpaired) electrons. The van der Waals surface area contributed by atoms with Gasteiger partial charge in [-0.25, -0.2) is 0 Å². The van der Waals surface area contributed by atoms with E-state index in [2.05, 4.69) is 5.32 Å². The van der Waals surface area contributed by atoms with Crippen LogP contribution in [-0.4, -0.2) is 18.4 Å². The molecule has 0 aliphatic rings. The lowest BCUT2D eigenvalue weighted by molar-refractivity contribution is -0.118. The summed E-state index contributed by atoms with van der Waals surface area (Å²) in [4.78, 5) is 22.1. The van der Waals surface area contributed by atoms with Crippen molar-refractivity contribution in [3.05, 3.63) is 29.8 Å². The van der Waals surface area contributed by atoms with E-state index in [0.29, 0.717) is 11.3 Å². The standard InChI is InChI=1S/C9H11N3O2/c10-5-8(13)12-9(14)6-1-3-7(11)4-2-6/h1-4H,5,10-11H2,(H,12,13,14). The number of amides is 2. The molecule has 5 N–H and O–H groups in total. The molecule has 0 saturated carbocycles. The van der Waals surface area contributed by atoms with Crippen molar-refractivity contribution in [2.75, 3.05) is 12.3 Å². The van der Waals surface area contributed by atoms with Crippen LogP contribution < -0.4 is 16.8 Å². The van der Waals surface area contributed by atoms with Gasteiger partial charge in [0.25, 0.3) is 5.91 Å². The molecule has 0 heterocycles. The zero-order valence-electron chi connectivity index (χ0n) is 7.49. The van der Waals surface area contributed by atoms with E-state index in [0.717, 1.165) is 0 Å². The highest BCUT2D eigenvalue weighted by Gasteiger charge is 2.07. The van der Waals surface area contributed by atoms with E-state index >= 15 is 0 Å². The molecule has 0 unspecified atom stereocenters. The zero-order chi connectivity index (χ0) is 10.6. The zero-order valence-corrected chi connectivity index (χ0v) is 7.49. The Labute approximate surface area is 81.1 Å². The molecule has 2 amide bonds. The highest BCUT2D eigenvalue weighted by Crippen LogP contribution is 2.04. The van der Waals surface area contributed by atoms with Crippen LogP contribution in [0.15, 0.2) is 24.3 Å². The first kappa shape index (κ1) is 10.2. The van der Waals surface area contributed by atoms with Gasteiger partial charge < -0.3 is 11.5 Å². The van der Waals surface area contributed by atoms with E-state index in [1.165, 1.54) is 12.1 Å². The number of carbonyl (C=O) groups is 2. The minimum absolute atomic E-state index is 0.208. The summed E-state index contributed by atoms with van der Waals surface area (Å²) in [5, 5.41) is 2.12. The van der Waals surface area contributed by atoms with Crippen molar-refractivity contribution in [3.63, 3.8) is 0 Å². The van der Waals surface area contributed by atoms with Gasteiger partial charge in [0, 0.05) is 11.3 Å². The summed E-state index contributed by atoms with van der Waals surface area (Å²) >= 11 is 0. The molecule has 74 valence electrons. The summed E-state index contributed by atoms with van der Waals surface area (Å²) in [7, 11) is 0. The number of anilines is 1. The molecule has 0 fully saturated rings. The summed E-state index contributed by atoms with van der Waals surface area (Å²) in [6.45, 7) is -0.208. The second-order valence-electron chi connectivity index (χ2n) is 2.70. The van der Waals surface area contributed by atoms with Crippen LogP contribution in [0.3, 0.4) is 0 Å². The molecule has 5 heteroatoms. The van der Waals surface area contributed by atoms with Gasteiger partial charge in [0.05, 0.1) is 6.54 Å². The average molecular weight is 193 g/mol. The Hall–Kier alpha value is -1.88. The fourth-order valence-electron chi connectivity index (χ4n) is 0.884. The molecule has 5 nitrogen and oxygen atoms in total. The number of rotatable bonds is 2. The Kier molecular flexibility index (Phi) is 3.19. The molecule has 0 aliphatic carbocycles. The summed E-state index contributed by atoms with van der Waals surface area (Å²) in [5.41, 5.74) is 11.4. The number of imide groups is 1. The fraction of sp³-hybridized carbons (Fsp3) is 0.111. The van der Waals surface area contributed by atoms with Gasteiger partial charge in [-0.15, -0.1) is 0 Å². The number of nitrogen functional groups attached to an aromatic ring is 1. The number of benzene rings is 1. The molecule has 0 bridgehead atoms. The first-order valence-corrected chi connectivity index (χ1v) is 4.03. The minimum Gasteiger partial charge on any atom is -0.399 e. The van der Waals surface area contributed by atoms with Gasteiger partial charge >= 0.3 is 0 Å². The van der Waals surface area contributed by atoms with Gasteiger partial charge in [0.2, 0.25) is 5.91 Å². The number of hydrogen-bond donors (Lipinski definition) is 3. The molecule has 1 rings (SSSR count). The predicted octanol–water partition coefficient (Wildman–Crippen LogP) is -0.516. The number of nitrogens with two attached hydrogens (primary N) is 2. The largest absolute Gasteiger partial charge is 0.399 e. The minimum atomic E-state index is -0.508. The van der Waals surface area contributed by atoms with Crippen LogP contribution in [0.1, 0.15) is 10.4 Å². The molecule has 0 atom stereocenters. The van der Waals surface area contributed by atoms with Crippen LogP contribution in [-0.2, 0) is 4.79 Å². The third kappa shape index (κ3) is 2.56. The van der Waals surface area contributed by atoms with Crippen LogP contribution in [0.25, 0.3) is 0 Å². The highest BCUT2D eigenvalue weighted by molar-refractivity contribution is 6.05. The fourth-order valence-corrected chi connectivity index (χ4v) is 0.884. The van der Waals surface area contributed by atoms with E-state index in [-0.39, 0.29) is 6.54 Å². The molecular weight excluding hydrogens is 182 g/mol. The summed E-state index contributed by atoms with van der Waals surface area (Å²) in [5.74, 6) is -0.979. The third-order valence-electron chi connectivity index (χ3n) is 1.61. The predicted molar refractivity (Wildman–Crippen MR) is 52.4 cm³/mol. The molecular formula is C9H11N3O2. The van der Waals surface area contributed by atoms with Crippen molar-refractivity contribution in [2.24, 2.45) is 5.73 Å². The van der Waals surface area contributed by atoms with Gasteiger partial charge in [0.15, 0.2) is 0 Å². The van der Waals surface area contributed by atoms with Crippen LogP contribution >= 0.6 is 0 Å². The highest BCUT2D eigenvalue weighted by atomic mass is 16.2.